The van der Waals surface area contributed by atoms with Gasteiger partial charge in [-0.3, -0.25) is 24.4 Å². The van der Waals surface area contributed by atoms with Crippen LogP contribution in [0.15, 0.2) is 194 Å². The third-order valence-electron chi connectivity index (χ3n) is 13.4. The number of benzene rings is 8. The molecule has 0 spiro atoms. The van der Waals surface area contributed by atoms with Gasteiger partial charge in [-0.1, -0.05) is 152 Å². The van der Waals surface area contributed by atoms with Gasteiger partial charge >= 0.3 is 24.1 Å². The maximum absolute atomic E-state index is 12.3. The maximum atomic E-state index is 12.3. The average molecular weight is 995 g/mol. The van der Waals surface area contributed by atoms with E-state index in [1.54, 1.807) is 46.2 Å². The van der Waals surface area contributed by atoms with Crippen LogP contribution in [0.1, 0.15) is 67.6 Å². The van der Waals surface area contributed by atoms with Crippen LogP contribution in [0.5, 0.6) is 0 Å². The lowest BCUT2D eigenvalue weighted by Crippen LogP contribution is -2.32. The summed E-state index contributed by atoms with van der Waals surface area (Å²) in [5.74, 6) is -0.00759. The minimum absolute atomic E-state index is 0.00759. The standard InChI is InChI=1S/C15H12N2O2.C15H14N2O2.C15H12N2O2.C15H12N2O/c16-15(18)17-11-7-3-1-5-9(11)13-14(19-13)10-6-2-4-8-12(10)17;2*16-15(19)17-12-7-3-1-5-10(12)9-14(18)11-6-2-4-8-13(11)17;16-15(18)17-13-7-3-1-5-11(13)9-10-12-6-2-4-8-14(12)17/h1-8,13-14H,(H2,16,18);1-8,14,18H,9H2,(H2,16,19);1-8H,9H2,(H2,16,19);1-10H,(H2,16,18). The van der Waals surface area contributed by atoms with E-state index < -0.39 is 30.2 Å². The van der Waals surface area contributed by atoms with E-state index in [0.29, 0.717) is 29.0 Å². The van der Waals surface area contributed by atoms with Crippen LogP contribution in [0.3, 0.4) is 0 Å². The topological polar surface area (TPSA) is 235 Å². The molecule has 8 amide bonds. The van der Waals surface area contributed by atoms with E-state index in [4.69, 9.17) is 27.7 Å². The van der Waals surface area contributed by atoms with Crippen molar-refractivity contribution in [2.24, 2.45) is 22.9 Å². The van der Waals surface area contributed by atoms with Crippen LogP contribution in [0.4, 0.5) is 64.7 Å². The second-order valence-electron chi connectivity index (χ2n) is 17.9. The molecule has 372 valence electrons. The molecule has 9 N–H and O–H groups in total. The number of rotatable bonds is 0. The Hall–Kier alpha value is -9.83. The van der Waals surface area contributed by atoms with Gasteiger partial charge in [0.05, 0.1) is 51.6 Å². The number of Topliss-reactive ketones (excluding diaryl/α,β-unsaturated/α-hetero) is 1. The number of aliphatic hydroxyl groups excluding tert-OH is 1. The lowest BCUT2D eigenvalue weighted by molar-refractivity contribution is 0.0994. The Morgan fingerprint density at radius 1 is 0.400 bits per heavy atom. The Morgan fingerprint density at radius 3 is 1.24 bits per heavy atom. The first kappa shape index (κ1) is 48.8. The smallest absolute Gasteiger partial charge is 0.323 e. The Morgan fingerprint density at radius 2 is 0.733 bits per heavy atom. The van der Waals surface area contributed by atoms with Crippen LogP contribution in [-0.2, 0) is 17.6 Å². The van der Waals surface area contributed by atoms with Crippen molar-refractivity contribution in [3.63, 3.8) is 0 Å². The molecule has 0 saturated carbocycles. The zero-order valence-electron chi connectivity index (χ0n) is 40.3. The van der Waals surface area contributed by atoms with Gasteiger partial charge in [0, 0.05) is 35.1 Å². The van der Waals surface area contributed by atoms with Gasteiger partial charge in [0.15, 0.2) is 5.78 Å². The molecule has 0 aliphatic carbocycles. The van der Waals surface area contributed by atoms with E-state index in [1.807, 2.05) is 170 Å². The Labute approximate surface area is 432 Å². The number of epoxide rings is 1. The van der Waals surface area contributed by atoms with Crippen molar-refractivity contribution in [2.75, 3.05) is 19.6 Å². The van der Waals surface area contributed by atoms with Crippen LogP contribution >= 0.6 is 0 Å². The first-order valence-electron chi connectivity index (χ1n) is 24.0. The number of anilines is 8. The summed E-state index contributed by atoms with van der Waals surface area (Å²) in [6, 6.07) is 57.9. The molecule has 0 bridgehead atoms. The number of fused-ring (bicyclic) bond motifs is 11. The van der Waals surface area contributed by atoms with Gasteiger partial charge in [-0.2, -0.15) is 0 Å². The second kappa shape index (κ2) is 20.7. The van der Waals surface area contributed by atoms with Gasteiger partial charge in [0.1, 0.15) is 12.2 Å². The first-order valence-corrected chi connectivity index (χ1v) is 24.0. The highest BCUT2D eigenvalue weighted by atomic mass is 16.6. The van der Waals surface area contributed by atoms with Gasteiger partial charge in [0.2, 0.25) is 0 Å². The summed E-state index contributed by atoms with van der Waals surface area (Å²) in [5, 5.41) is 10.3. The molecular formula is C60H50N8O7. The van der Waals surface area contributed by atoms with Gasteiger partial charge < -0.3 is 32.8 Å². The Kier molecular flexibility index (Phi) is 13.5. The molecule has 13 rings (SSSR count). The number of urea groups is 4. The molecule has 8 aromatic carbocycles. The molecule has 3 atom stereocenters. The van der Waals surface area contributed by atoms with Crippen molar-refractivity contribution in [1.82, 2.24) is 0 Å². The summed E-state index contributed by atoms with van der Waals surface area (Å²) >= 11 is 0. The number of amides is 8. The molecule has 15 nitrogen and oxygen atoms in total. The SMILES string of the molecule is NC(=O)N1c2ccccc2C2OC2c2ccccc21.NC(=O)N1c2ccccc2C=Cc2ccccc21.NC(=O)N1c2ccccc2CC(=O)c2ccccc21.NC(=O)N1c2ccccc2CC(O)c2ccccc21. The number of aliphatic hydroxyl groups is 1. The normalized spacial score (nSPS) is 16.6. The van der Waals surface area contributed by atoms with Crippen molar-refractivity contribution in [1.29, 1.82) is 0 Å². The third-order valence-corrected chi connectivity index (χ3v) is 13.4. The quantitative estimate of drug-likeness (QED) is 0.0921. The van der Waals surface area contributed by atoms with E-state index in [9.17, 15) is 29.1 Å². The molecule has 5 heterocycles. The van der Waals surface area contributed by atoms with Gasteiger partial charge in [-0.25, -0.2) is 19.2 Å². The molecule has 3 unspecified atom stereocenters. The Balaban J connectivity index is 0.000000114. The highest BCUT2D eigenvalue weighted by Crippen LogP contribution is 2.58. The van der Waals surface area contributed by atoms with Crippen molar-refractivity contribution in [2.45, 2.75) is 31.2 Å². The summed E-state index contributed by atoms with van der Waals surface area (Å²) in [4.78, 5) is 65.4. The molecule has 5 aliphatic rings. The van der Waals surface area contributed by atoms with E-state index in [1.165, 1.54) is 9.80 Å². The van der Waals surface area contributed by atoms with Gasteiger partial charge in [0.25, 0.3) is 0 Å². The number of nitrogens with zero attached hydrogens (tertiary/aromatic N) is 4. The number of nitrogens with two attached hydrogens (primary N) is 4. The zero-order valence-corrected chi connectivity index (χ0v) is 40.3. The first-order chi connectivity index (χ1) is 36.4. The predicted molar refractivity (Wildman–Crippen MR) is 291 cm³/mol. The lowest BCUT2D eigenvalue weighted by atomic mass is 10.0. The number of carbonyl (C=O) groups excluding carboxylic acids is 5. The number of ether oxygens (including phenoxy) is 1. The minimum Gasteiger partial charge on any atom is -0.388 e. The van der Waals surface area contributed by atoms with Crippen molar-refractivity contribution < 1.29 is 33.8 Å². The predicted octanol–water partition coefficient (Wildman–Crippen LogP) is 11.6. The van der Waals surface area contributed by atoms with Crippen LogP contribution in [0.25, 0.3) is 12.2 Å². The average Bonchev–Trinajstić information content (AvgIpc) is 4.27. The number of hydrogen-bond acceptors (Lipinski definition) is 7. The highest BCUT2D eigenvalue weighted by Gasteiger charge is 2.48. The van der Waals surface area contributed by atoms with Crippen LogP contribution < -0.4 is 42.5 Å². The molecule has 1 fully saturated rings. The molecule has 75 heavy (non-hydrogen) atoms. The maximum Gasteiger partial charge on any atom is 0.323 e. The minimum atomic E-state index is -0.637. The summed E-state index contributed by atoms with van der Waals surface area (Å²) in [7, 11) is 0. The zero-order chi connectivity index (χ0) is 52.3. The van der Waals surface area contributed by atoms with Gasteiger partial charge in [-0.05, 0) is 76.9 Å². The molecule has 0 aromatic heterocycles. The summed E-state index contributed by atoms with van der Waals surface area (Å²) in [6.45, 7) is 0. The number of carbonyl (C=O) groups is 5. The van der Waals surface area contributed by atoms with E-state index in [2.05, 4.69) is 0 Å². The number of hydrogen-bond donors (Lipinski definition) is 5. The second-order valence-corrected chi connectivity index (χ2v) is 17.9. The molecular weight excluding hydrogens is 945 g/mol. The van der Waals surface area contributed by atoms with Crippen molar-refractivity contribution >= 4 is 87.6 Å². The van der Waals surface area contributed by atoms with E-state index in [0.717, 1.165) is 67.4 Å². The van der Waals surface area contributed by atoms with Crippen molar-refractivity contribution in [3.05, 3.63) is 239 Å². The fraction of sp³-hybridized carbons (Fsp3) is 0.0833. The molecule has 5 aliphatic heterocycles. The summed E-state index contributed by atoms with van der Waals surface area (Å²) in [5.41, 5.74) is 34.9. The van der Waals surface area contributed by atoms with Gasteiger partial charge in [-0.15, -0.1) is 0 Å². The van der Waals surface area contributed by atoms with E-state index in [-0.39, 0.29) is 24.4 Å². The monoisotopic (exact) mass is 994 g/mol. The van der Waals surface area contributed by atoms with Crippen LogP contribution in [0.2, 0.25) is 0 Å². The fourth-order valence-electron chi connectivity index (χ4n) is 10.0. The Bertz CT molecular complexity index is 3410. The molecule has 15 heteroatoms. The number of para-hydroxylation sites is 8. The molecule has 1 saturated heterocycles. The largest absolute Gasteiger partial charge is 0.388 e. The molecule has 8 aromatic rings. The highest BCUT2D eigenvalue weighted by molar-refractivity contribution is 6.12. The van der Waals surface area contributed by atoms with Crippen LogP contribution in [0, 0.1) is 0 Å². The number of primary amides is 4. The third kappa shape index (κ3) is 9.55. The van der Waals surface area contributed by atoms with E-state index >= 15 is 0 Å². The van der Waals surface area contributed by atoms with Crippen LogP contribution in [-0.4, -0.2) is 35.0 Å². The number of ketones is 1. The lowest BCUT2D eigenvalue weighted by Gasteiger charge is -2.23. The van der Waals surface area contributed by atoms with Crippen molar-refractivity contribution in [3.8, 4) is 0 Å². The summed E-state index contributed by atoms with van der Waals surface area (Å²) < 4.78 is 5.76. The fourth-order valence-corrected chi connectivity index (χ4v) is 10.0. The molecule has 0 radical (unpaired) electrons. The summed E-state index contributed by atoms with van der Waals surface area (Å²) in [6.07, 6.45) is 4.16.